The molecule has 2 unspecified atom stereocenters. The van der Waals surface area contributed by atoms with Crippen LogP contribution in [-0.2, 0) is 9.53 Å². The third-order valence-corrected chi connectivity index (χ3v) is 3.74. The van der Waals surface area contributed by atoms with E-state index in [4.69, 9.17) is 9.84 Å². The summed E-state index contributed by atoms with van der Waals surface area (Å²) in [7, 11) is 1.68. The van der Waals surface area contributed by atoms with Gasteiger partial charge in [0, 0.05) is 7.11 Å². The second-order valence-corrected chi connectivity index (χ2v) is 4.80. The van der Waals surface area contributed by atoms with Crippen LogP contribution in [0.5, 0.6) is 0 Å². The van der Waals surface area contributed by atoms with Crippen LogP contribution in [-0.4, -0.2) is 50.2 Å². The van der Waals surface area contributed by atoms with Crippen molar-refractivity contribution in [3.8, 4) is 0 Å². The standard InChI is InChI=1S/C9H14N4O3S/c1-16-7-4-2-3-6(7)13-9(10-11-12-13)17-5-8(14)15/h6-7H,2-5H2,1H3,(H,14,15). The SMILES string of the molecule is COC1CCCC1n1nnnc1SCC(=O)O. The number of carboxylic acids is 1. The van der Waals surface area contributed by atoms with Crippen LogP contribution in [0.3, 0.4) is 0 Å². The monoisotopic (exact) mass is 258 g/mol. The van der Waals surface area contributed by atoms with E-state index >= 15 is 0 Å². The maximum Gasteiger partial charge on any atom is 0.313 e. The summed E-state index contributed by atoms with van der Waals surface area (Å²) < 4.78 is 7.08. The minimum absolute atomic E-state index is 0.0370. The summed E-state index contributed by atoms with van der Waals surface area (Å²) >= 11 is 1.13. The molecule has 1 saturated carbocycles. The van der Waals surface area contributed by atoms with E-state index in [-0.39, 0.29) is 17.9 Å². The Morgan fingerprint density at radius 1 is 1.65 bits per heavy atom. The van der Waals surface area contributed by atoms with Gasteiger partial charge in [0.2, 0.25) is 5.16 Å². The van der Waals surface area contributed by atoms with Gasteiger partial charge in [-0.15, -0.1) is 5.10 Å². The second-order valence-electron chi connectivity index (χ2n) is 3.86. The van der Waals surface area contributed by atoms with Gasteiger partial charge in [-0.05, 0) is 29.7 Å². The van der Waals surface area contributed by atoms with E-state index in [9.17, 15) is 4.79 Å². The van der Waals surface area contributed by atoms with Gasteiger partial charge in [0.25, 0.3) is 0 Å². The van der Waals surface area contributed by atoms with E-state index < -0.39 is 5.97 Å². The number of methoxy groups -OCH3 is 1. The Hall–Kier alpha value is -1.15. The van der Waals surface area contributed by atoms with E-state index in [1.165, 1.54) is 0 Å². The van der Waals surface area contributed by atoms with Crippen LogP contribution in [0, 0.1) is 0 Å². The summed E-state index contributed by atoms with van der Waals surface area (Å²) in [5.74, 6) is -0.913. The lowest BCUT2D eigenvalue weighted by Crippen LogP contribution is -2.22. The van der Waals surface area contributed by atoms with Crippen molar-refractivity contribution in [1.29, 1.82) is 0 Å². The summed E-state index contributed by atoms with van der Waals surface area (Å²) in [6.45, 7) is 0. The van der Waals surface area contributed by atoms with Gasteiger partial charge in [-0.2, -0.15) is 0 Å². The molecular formula is C9H14N4O3S. The van der Waals surface area contributed by atoms with E-state index in [2.05, 4.69) is 15.5 Å². The van der Waals surface area contributed by atoms with E-state index in [0.29, 0.717) is 5.16 Å². The summed E-state index contributed by atoms with van der Waals surface area (Å²) in [5.41, 5.74) is 0. The van der Waals surface area contributed by atoms with Gasteiger partial charge < -0.3 is 9.84 Å². The van der Waals surface area contributed by atoms with Gasteiger partial charge in [-0.25, -0.2) is 4.68 Å². The van der Waals surface area contributed by atoms with Crippen molar-refractivity contribution in [3.05, 3.63) is 0 Å². The molecule has 1 fully saturated rings. The van der Waals surface area contributed by atoms with Crippen molar-refractivity contribution < 1.29 is 14.6 Å². The molecule has 0 aliphatic heterocycles. The minimum atomic E-state index is -0.876. The Morgan fingerprint density at radius 3 is 3.18 bits per heavy atom. The molecule has 0 spiro atoms. The number of hydrogen-bond acceptors (Lipinski definition) is 6. The molecule has 0 saturated heterocycles. The predicted octanol–water partition coefficient (Wildman–Crippen LogP) is 0.590. The molecule has 2 rings (SSSR count). The van der Waals surface area contributed by atoms with Gasteiger partial charge in [0.05, 0.1) is 17.9 Å². The van der Waals surface area contributed by atoms with Gasteiger partial charge in [-0.1, -0.05) is 11.8 Å². The summed E-state index contributed by atoms with van der Waals surface area (Å²) in [6.07, 6.45) is 3.14. The molecule has 1 heterocycles. The molecule has 0 amide bonds. The number of aliphatic carboxylic acids is 1. The van der Waals surface area contributed by atoms with Gasteiger partial charge in [0.1, 0.15) is 0 Å². The minimum Gasteiger partial charge on any atom is -0.481 e. The smallest absolute Gasteiger partial charge is 0.313 e. The number of aromatic nitrogens is 4. The molecule has 1 aliphatic rings. The van der Waals surface area contributed by atoms with E-state index in [0.717, 1.165) is 31.0 Å². The third kappa shape index (κ3) is 2.75. The van der Waals surface area contributed by atoms with Crippen LogP contribution in [0.1, 0.15) is 25.3 Å². The predicted molar refractivity (Wildman–Crippen MR) is 59.9 cm³/mol. The van der Waals surface area contributed by atoms with E-state index in [1.54, 1.807) is 11.8 Å². The first-order valence-corrected chi connectivity index (χ1v) is 6.36. The summed E-state index contributed by atoms with van der Waals surface area (Å²) in [4.78, 5) is 10.5. The largest absolute Gasteiger partial charge is 0.481 e. The maximum atomic E-state index is 10.5. The van der Waals surface area contributed by atoms with Gasteiger partial charge in [-0.3, -0.25) is 4.79 Å². The first kappa shape index (κ1) is 12.3. The topological polar surface area (TPSA) is 90.1 Å². The summed E-state index contributed by atoms with van der Waals surface area (Å²) in [5, 5.41) is 20.6. The molecule has 0 radical (unpaired) electrons. The zero-order valence-electron chi connectivity index (χ0n) is 9.44. The number of hydrogen-bond donors (Lipinski definition) is 1. The number of carbonyl (C=O) groups is 1. The number of rotatable bonds is 5. The van der Waals surface area contributed by atoms with Crippen LogP contribution >= 0.6 is 11.8 Å². The van der Waals surface area contributed by atoms with Crippen molar-refractivity contribution in [2.45, 2.75) is 36.6 Å². The Kier molecular flexibility index (Phi) is 3.95. The third-order valence-electron chi connectivity index (χ3n) is 2.82. The normalized spacial score (nSPS) is 24.1. The molecule has 8 heteroatoms. The molecule has 1 aliphatic carbocycles. The Morgan fingerprint density at radius 2 is 2.47 bits per heavy atom. The number of nitrogens with zero attached hydrogens (tertiary/aromatic N) is 4. The zero-order chi connectivity index (χ0) is 12.3. The fraction of sp³-hybridized carbons (Fsp3) is 0.778. The lowest BCUT2D eigenvalue weighted by Gasteiger charge is -2.18. The lowest BCUT2D eigenvalue weighted by molar-refractivity contribution is -0.133. The molecule has 1 N–H and O–H groups in total. The second kappa shape index (κ2) is 5.46. The molecule has 1 aromatic rings. The lowest BCUT2D eigenvalue weighted by atomic mass is 10.2. The molecule has 17 heavy (non-hydrogen) atoms. The molecule has 1 aromatic heterocycles. The van der Waals surface area contributed by atoms with Gasteiger partial charge in [0.15, 0.2) is 0 Å². The highest BCUT2D eigenvalue weighted by molar-refractivity contribution is 7.99. The van der Waals surface area contributed by atoms with E-state index in [1.807, 2.05) is 0 Å². The summed E-state index contributed by atoms with van der Waals surface area (Å²) in [6, 6.07) is 0.117. The highest BCUT2D eigenvalue weighted by Gasteiger charge is 2.31. The van der Waals surface area contributed by atoms with Crippen LogP contribution in [0.4, 0.5) is 0 Å². The Labute approximate surface area is 103 Å². The zero-order valence-corrected chi connectivity index (χ0v) is 10.3. The fourth-order valence-corrected chi connectivity index (χ4v) is 2.73. The highest BCUT2D eigenvalue weighted by atomic mass is 32.2. The molecule has 7 nitrogen and oxygen atoms in total. The average Bonchev–Trinajstić information content (AvgIpc) is 2.93. The number of carboxylic acid groups (broad SMARTS) is 1. The average molecular weight is 258 g/mol. The van der Waals surface area contributed by atoms with Crippen LogP contribution in [0.2, 0.25) is 0 Å². The Bertz CT molecular complexity index is 397. The van der Waals surface area contributed by atoms with Crippen LogP contribution < -0.4 is 0 Å². The van der Waals surface area contributed by atoms with Crippen molar-refractivity contribution in [3.63, 3.8) is 0 Å². The van der Waals surface area contributed by atoms with Crippen molar-refractivity contribution >= 4 is 17.7 Å². The molecule has 94 valence electrons. The number of ether oxygens (including phenoxy) is 1. The molecule has 2 atom stereocenters. The fourth-order valence-electron chi connectivity index (χ4n) is 2.08. The van der Waals surface area contributed by atoms with Crippen LogP contribution in [0.25, 0.3) is 0 Å². The van der Waals surface area contributed by atoms with Crippen LogP contribution in [0.15, 0.2) is 5.16 Å². The quantitative estimate of drug-likeness (QED) is 0.773. The van der Waals surface area contributed by atoms with Crippen molar-refractivity contribution in [2.75, 3.05) is 12.9 Å². The number of thioether (sulfide) groups is 1. The molecular weight excluding hydrogens is 244 g/mol. The highest BCUT2D eigenvalue weighted by Crippen LogP contribution is 2.33. The molecule has 0 bridgehead atoms. The first-order valence-electron chi connectivity index (χ1n) is 5.37. The number of tetrazole rings is 1. The maximum absolute atomic E-state index is 10.5. The first-order chi connectivity index (χ1) is 8.22. The van der Waals surface area contributed by atoms with Gasteiger partial charge >= 0.3 is 5.97 Å². The van der Waals surface area contributed by atoms with Crippen molar-refractivity contribution in [2.24, 2.45) is 0 Å². The Balaban J connectivity index is 2.09. The molecule has 0 aromatic carbocycles. The van der Waals surface area contributed by atoms with Crippen molar-refractivity contribution in [1.82, 2.24) is 20.2 Å².